The first kappa shape index (κ1) is 20.2. The van der Waals surface area contributed by atoms with Crippen LogP contribution in [0.1, 0.15) is 26.3 Å². The molecule has 0 saturated heterocycles. The van der Waals surface area contributed by atoms with Gasteiger partial charge in [-0.1, -0.05) is 0 Å². The molecule has 0 saturated carbocycles. The van der Waals surface area contributed by atoms with Gasteiger partial charge in [0.2, 0.25) is 12.7 Å². The third-order valence-electron chi connectivity index (χ3n) is 4.06. The summed E-state index contributed by atoms with van der Waals surface area (Å²) in [5, 5.41) is 5.41. The number of anilines is 1. The molecule has 9 heteroatoms. The molecule has 0 bridgehead atoms. The monoisotopic (exact) mass is 400 g/mol. The molecule has 9 nitrogen and oxygen atoms in total. The van der Waals surface area contributed by atoms with Gasteiger partial charge in [-0.3, -0.25) is 9.59 Å². The van der Waals surface area contributed by atoms with E-state index in [1.165, 1.54) is 20.3 Å². The molecule has 2 aromatic rings. The van der Waals surface area contributed by atoms with Crippen LogP contribution in [0.3, 0.4) is 0 Å². The molecule has 1 aliphatic heterocycles. The maximum absolute atomic E-state index is 12.5. The molecule has 0 aromatic heterocycles. The standard InChI is InChI=1S/C20H20N2O7/c1-26-10-18(23)22-15-6-12(5-14(7-15)20(25)27-2)9-21-19(24)13-3-4-16-17(8-13)29-11-28-16/h3-8H,9-11H2,1-2H3,(H,21,24)(H,22,23). The number of hydrogen-bond donors (Lipinski definition) is 2. The summed E-state index contributed by atoms with van der Waals surface area (Å²) in [7, 11) is 2.67. The molecule has 152 valence electrons. The first-order chi connectivity index (χ1) is 14.0. The number of nitrogens with one attached hydrogen (secondary N) is 2. The van der Waals surface area contributed by atoms with Crippen molar-refractivity contribution < 1.29 is 33.3 Å². The lowest BCUT2D eigenvalue weighted by atomic mass is 10.1. The van der Waals surface area contributed by atoms with Crippen molar-refractivity contribution in [2.75, 3.05) is 32.9 Å². The predicted octanol–water partition coefficient (Wildman–Crippen LogP) is 1.72. The highest BCUT2D eigenvalue weighted by Crippen LogP contribution is 2.32. The Balaban J connectivity index is 1.73. The Bertz CT molecular complexity index is 942. The molecule has 2 aromatic carbocycles. The van der Waals surface area contributed by atoms with Gasteiger partial charge in [0, 0.05) is 24.9 Å². The number of carbonyl (C=O) groups excluding carboxylic acids is 3. The van der Waals surface area contributed by atoms with E-state index >= 15 is 0 Å². The molecule has 1 heterocycles. The lowest BCUT2D eigenvalue weighted by Gasteiger charge is -2.11. The predicted molar refractivity (Wildman–Crippen MR) is 102 cm³/mol. The van der Waals surface area contributed by atoms with Gasteiger partial charge < -0.3 is 29.6 Å². The molecule has 29 heavy (non-hydrogen) atoms. The lowest BCUT2D eigenvalue weighted by Crippen LogP contribution is -2.23. The third kappa shape index (κ3) is 5.02. The van der Waals surface area contributed by atoms with Crippen molar-refractivity contribution in [1.29, 1.82) is 0 Å². The highest BCUT2D eigenvalue weighted by molar-refractivity contribution is 5.96. The Morgan fingerprint density at radius 3 is 2.55 bits per heavy atom. The Hall–Kier alpha value is -3.59. The number of amides is 2. The summed E-state index contributed by atoms with van der Waals surface area (Å²) < 4.78 is 20.0. The maximum Gasteiger partial charge on any atom is 0.337 e. The molecular formula is C20H20N2O7. The second-order valence-corrected chi connectivity index (χ2v) is 6.14. The summed E-state index contributed by atoms with van der Waals surface area (Å²) in [5.74, 6) is -0.157. The molecule has 2 N–H and O–H groups in total. The number of fused-ring (bicyclic) bond motifs is 1. The largest absolute Gasteiger partial charge is 0.465 e. The van der Waals surface area contributed by atoms with Gasteiger partial charge in [-0.25, -0.2) is 4.79 Å². The highest BCUT2D eigenvalue weighted by atomic mass is 16.7. The number of benzene rings is 2. The van der Waals surface area contributed by atoms with Gasteiger partial charge >= 0.3 is 5.97 Å². The molecule has 2 amide bonds. The summed E-state index contributed by atoms with van der Waals surface area (Å²) in [5.41, 5.74) is 1.65. The van der Waals surface area contributed by atoms with Gasteiger partial charge in [0.25, 0.3) is 5.91 Å². The molecule has 0 fully saturated rings. The third-order valence-corrected chi connectivity index (χ3v) is 4.06. The smallest absolute Gasteiger partial charge is 0.337 e. The van der Waals surface area contributed by atoms with E-state index in [1.807, 2.05) is 0 Å². The van der Waals surface area contributed by atoms with Crippen molar-refractivity contribution in [2.45, 2.75) is 6.54 Å². The summed E-state index contributed by atoms with van der Waals surface area (Å²) in [6, 6.07) is 9.61. The molecular weight excluding hydrogens is 380 g/mol. The van der Waals surface area contributed by atoms with E-state index in [0.717, 1.165) is 0 Å². The van der Waals surface area contributed by atoms with Crippen molar-refractivity contribution in [3.05, 3.63) is 53.1 Å². The van der Waals surface area contributed by atoms with E-state index in [0.29, 0.717) is 28.3 Å². The summed E-state index contributed by atoms with van der Waals surface area (Å²) in [6.07, 6.45) is 0. The van der Waals surface area contributed by atoms with Crippen LogP contribution in [-0.2, 0) is 20.8 Å². The number of methoxy groups -OCH3 is 2. The average molecular weight is 400 g/mol. The van der Waals surface area contributed by atoms with E-state index in [2.05, 4.69) is 10.6 Å². The van der Waals surface area contributed by atoms with E-state index in [9.17, 15) is 14.4 Å². The first-order valence-corrected chi connectivity index (χ1v) is 8.69. The van der Waals surface area contributed by atoms with Gasteiger partial charge in [0.05, 0.1) is 12.7 Å². The topological polar surface area (TPSA) is 112 Å². The van der Waals surface area contributed by atoms with Crippen LogP contribution in [0, 0.1) is 0 Å². The number of esters is 1. The molecule has 0 unspecified atom stereocenters. The Kier molecular flexibility index (Phi) is 6.30. The van der Waals surface area contributed by atoms with Crippen LogP contribution in [0.5, 0.6) is 11.5 Å². The molecule has 0 spiro atoms. The van der Waals surface area contributed by atoms with E-state index in [4.69, 9.17) is 18.9 Å². The van der Waals surface area contributed by atoms with Crippen molar-refractivity contribution >= 4 is 23.5 Å². The van der Waals surface area contributed by atoms with Crippen LogP contribution < -0.4 is 20.1 Å². The van der Waals surface area contributed by atoms with E-state index in [1.54, 1.807) is 30.3 Å². The summed E-state index contributed by atoms with van der Waals surface area (Å²) in [6.45, 7) is 0.127. The number of hydrogen-bond acceptors (Lipinski definition) is 7. The van der Waals surface area contributed by atoms with Crippen molar-refractivity contribution in [3.63, 3.8) is 0 Å². The van der Waals surface area contributed by atoms with Crippen LogP contribution in [0.4, 0.5) is 5.69 Å². The summed E-state index contributed by atoms with van der Waals surface area (Å²) in [4.78, 5) is 36.2. The highest BCUT2D eigenvalue weighted by Gasteiger charge is 2.17. The normalized spacial score (nSPS) is 11.7. The SMILES string of the molecule is COCC(=O)Nc1cc(CNC(=O)c2ccc3c(c2)OCO3)cc(C(=O)OC)c1. The molecule has 0 aliphatic carbocycles. The fraction of sp³-hybridized carbons (Fsp3) is 0.250. The molecule has 1 aliphatic rings. The first-order valence-electron chi connectivity index (χ1n) is 8.69. The average Bonchev–Trinajstić information content (AvgIpc) is 3.19. The molecule has 0 radical (unpaired) electrons. The zero-order valence-corrected chi connectivity index (χ0v) is 15.9. The van der Waals surface area contributed by atoms with Crippen LogP contribution in [0.25, 0.3) is 0 Å². The minimum Gasteiger partial charge on any atom is -0.465 e. The number of carbonyl (C=O) groups is 3. The van der Waals surface area contributed by atoms with Gasteiger partial charge in [-0.15, -0.1) is 0 Å². The molecule has 3 rings (SSSR count). The van der Waals surface area contributed by atoms with Crippen LogP contribution in [0.15, 0.2) is 36.4 Å². The Labute approximate surface area is 166 Å². The van der Waals surface area contributed by atoms with Crippen LogP contribution >= 0.6 is 0 Å². The van der Waals surface area contributed by atoms with Crippen molar-refractivity contribution in [3.8, 4) is 11.5 Å². The minimum absolute atomic E-state index is 0.123. The van der Waals surface area contributed by atoms with Crippen LogP contribution in [0.2, 0.25) is 0 Å². The Morgan fingerprint density at radius 1 is 1.00 bits per heavy atom. The van der Waals surface area contributed by atoms with Crippen LogP contribution in [-0.4, -0.2) is 45.4 Å². The second-order valence-electron chi connectivity index (χ2n) is 6.14. The van der Waals surface area contributed by atoms with Crippen molar-refractivity contribution in [2.24, 2.45) is 0 Å². The fourth-order valence-corrected chi connectivity index (χ4v) is 2.75. The van der Waals surface area contributed by atoms with Crippen molar-refractivity contribution in [1.82, 2.24) is 5.32 Å². The van der Waals surface area contributed by atoms with E-state index in [-0.39, 0.29) is 37.3 Å². The van der Waals surface area contributed by atoms with E-state index < -0.39 is 5.97 Å². The zero-order chi connectivity index (χ0) is 20.8. The Morgan fingerprint density at radius 2 is 1.79 bits per heavy atom. The quantitative estimate of drug-likeness (QED) is 0.681. The number of rotatable bonds is 7. The van der Waals surface area contributed by atoms with Gasteiger partial charge in [0.1, 0.15) is 6.61 Å². The summed E-state index contributed by atoms with van der Waals surface area (Å²) >= 11 is 0. The zero-order valence-electron chi connectivity index (χ0n) is 15.9. The van der Waals surface area contributed by atoms with Gasteiger partial charge in [-0.05, 0) is 42.0 Å². The maximum atomic E-state index is 12.5. The number of ether oxygens (including phenoxy) is 4. The fourth-order valence-electron chi connectivity index (χ4n) is 2.75. The van der Waals surface area contributed by atoms with Gasteiger partial charge in [-0.2, -0.15) is 0 Å². The molecule has 0 atom stereocenters. The lowest BCUT2D eigenvalue weighted by molar-refractivity contribution is -0.119. The minimum atomic E-state index is -0.559. The second kappa shape index (κ2) is 9.07. The van der Waals surface area contributed by atoms with Gasteiger partial charge in [0.15, 0.2) is 11.5 Å².